The van der Waals surface area contributed by atoms with Gasteiger partial charge in [-0.2, -0.15) is 0 Å². The van der Waals surface area contributed by atoms with E-state index in [9.17, 15) is 0 Å². The lowest BCUT2D eigenvalue weighted by Gasteiger charge is -2.16. The van der Waals surface area contributed by atoms with Gasteiger partial charge in [0.25, 0.3) is 0 Å². The van der Waals surface area contributed by atoms with Gasteiger partial charge in [-0.3, -0.25) is 0 Å². The third-order valence-corrected chi connectivity index (χ3v) is 2.64. The molecule has 0 spiro atoms. The molecule has 2 nitrogen and oxygen atoms in total. The van der Waals surface area contributed by atoms with Gasteiger partial charge in [-0.15, -0.1) is 0 Å². The summed E-state index contributed by atoms with van der Waals surface area (Å²) in [5.41, 5.74) is 0. The van der Waals surface area contributed by atoms with Crippen molar-refractivity contribution in [3.05, 3.63) is 0 Å². The van der Waals surface area contributed by atoms with Crippen LogP contribution in [0.15, 0.2) is 0 Å². The number of hydrogen-bond acceptors (Lipinski definition) is 2. The third-order valence-electron chi connectivity index (χ3n) is 1.23. The topological polar surface area (TPSA) is 18.5 Å². The SMILES string of the molecule is CCCC(O[SiH2]C)O[SiH2]C. The first-order valence-corrected chi connectivity index (χ1v) is 8.06. The average molecular weight is 178 g/mol. The van der Waals surface area contributed by atoms with Gasteiger partial charge in [-0.05, 0) is 6.42 Å². The highest BCUT2D eigenvalue weighted by Crippen LogP contribution is 2.01. The lowest BCUT2D eigenvalue weighted by molar-refractivity contribution is 0.00468. The molecule has 0 fully saturated rings. The van der Waals surface area contributed by atoms with E-state index in [2.05, 4.69) is 20.0 Å². The summed E-state index contributed by atoms with van der Waals surface area (Å²) >= 11 is 0. The van der Waals surface area contributed by atoms with Crippen molar-refractivity contribution in [1.82, 2.24) is 0 Å². The molecule has 0 radical (unpaired) electrons. The highest BCUT2D eigenvalue weighted by Gasteiger charge is 2.03. The number of rotatable bonds is 6. The average Bonchev–Trinajstić information content (AvgIpc) is 1.90. The molecule has 4 heteroatoms. The Morgan fingerprint density at radius 2 is 1.70 bits per heavy atom. The quantitative estimate of drug-likeness (QED) is 0.433. The van der Waals surface area contributed by atoms with Crippen LogP contribution in [0.25, 0.3) is 0 Å². The molecule has 0 saturated carbocycles. The second kappa shape index (κ2) is 7.46. The minimum Gasteiger partial charge on any atom is -0.401 e. The molecule has 0 aliphatic carbocycles. The standard InChI is InChI=1S/C6H18O2Si2/c1-4-5-6(7-9-2)8-10-3/h6H,4-5,9-10H2,1-3H3. The van der Waals surface area contributed by atoms with E-state index in [0.29, 0.717) is 0 Å². The molecule has 0 aromatic carbocycles. The van der Waals surface area contributed by atoms with E-state index in [1.165, 1.54) is 0 Å². The Hall–Kier alpha value is 0.354. The van der Waals surface area contributed by atoms with Crippen LogP contribution in [0.2, 0.25) is 13.1 Å². The second-order valence-electron chi connectivity index (χ2n) is 2.13. The van der Waals surface area contributed by atoms with Gasteiger partial charge in [0.2, 0.25) is 0 Å². The monoisotopic (exact) mass is 178 g/mol. The maximum Gasteiger partial charge on any atom is 0.161 e. The maximum absolute atomic E-state index is 5.47. The molecule has 0 aliphatic rings. The molecule has 62 valence electrons. The molecular formula is C6H18O2Si2. The first kappa shape index (κ1) is 10.4. The van der Waals surface area contributed by atoms with Crippen LogP contribution in [0.3, 0.4) is 0 Å². The highest BCUT2D eigenvalue weighted by atomic mass is 28.2. The van der Waals surface area contributed by atoms with Crippen LogP contribution in [0.1, 0.15) is 19.8 Å². The van der Waals surface area contributed by atoms with Crippen LogP contribution >= 0.6 is 0 Å². The van der Waals surface area contributed by atoms with Crippen LogP contribution in [0, 0.1) is 0 Å². The molecule has 0 aromatic rings. The summed E-state index contributed by atoms with van der Waals surface area (Å²) < 4.78 is 10.9. The molecule has 0 N–H and O–H groups in total. The van der Waals surface area contributed by atoms with E-state index in [-0.39, 0.29) is 25.8 Å². The fourth-order valence-corrected chi connectivity index (χ4v) is 2.28. The minimum atomic E-state index is -0.277. The zero-order valence-electron chi connectivity index (χ0n) is 7.22. The maximum atomic E-state index is 5.47. The Kier molecular flexibility index (Phi) is 7.72. The molecule has 0 saturated heterocycles. The second-order valence-corrected chi connectivity index (χ2v) is 3.95. The number of hydrogen-bond donors (Lipinski definition) is 0. The molecule has 10 heavy (non-hydrogen) atoms. The van der Waals surface area contributed by atoms with Crippen molar-refractivity contribution in [2.75, 3.05) is 0 Å². The van der Waals surface area contributed by atoms with Crippen LogP contribution in [-0.2, 0) is 8.85 Å². The third kappa shape index (κ3) is 5.16. The molecule has 0 heterocycles. The Balaban J connectivity index is 3.30. The van der Waals surface area contributed by atoms with Crippen LogP contribution in [0.5, 0.6) is 0 Å². The predicted octanol–water partition coefficient (Wildman–Crippen LogP) is 0.410. The molecule has 0 aromatic heterocycles. The smallest absolute Gasteiger partial charge is 0.161 e. The zero-order chi connectivity index (χ0) is 7.82. The van der Waals surface area contributed by atoms with Crippen LogP contribution < -0.4 is 0 Å². The molecule has 0 bridgehead atoms. The first-order chi connectivity index (χ1) is 4.85. The van der Waals surface area contributed by atoms with E-state index < -0.39 is 0 Å². The lowest BCUT2D eigenvalue weighted by Crippen LogP contribution is -2.19. The molecule has 0 rings (SSSR count). The van der Waals surface area contributed by atoms with Crippen LogP contribution in [-0.4, -0.2) is 25.8 Å². The summed E-state index contributed by atoms with van der Waals surface area (Å²) in [6.07, 6.45) is 2.38. The molecular weight excluding hydrogens is 160 g/mol. The van der Waals surface area contributed by atoms with Crippen molar-refractivity contribution in [3.63, 3.8) is 0 Å². The van der Waals surface area contributed by atoms with E-state index in [1.807, 2.05) is 0 Å². The van der Waals surface area contributed by atoms with E-state index in [0.717, 1.165) is 12.8 Å². The molecule has 0 aliphatic heterocycles. The van der Waals surface area contributed by atoms with Crippen molar-refractivity contribution in [2.24, 2.45) is 0 Å². The fraction of sp³-hybridized carbons (Fsp3) is 1.00. The normalized spacial score (nSPS) is 15.9. The lowest BCUT2D eigenvalue weighted by atomic mass is 10.3. The van der Waals surface area contributed by atoms with E-state index in [4.69, 9.17) is 8.85 Å². The summed E-state index contributed by atoms with van der Waals surface area (Å²) in [6.45, 7) is 6.45. The van der Waals surface area contributed by atoms with Gasteiger partial charge in [-0.25, -0.2) is 0 Å². The highest BCUT2D eigenvalue weighted by molar-refractivity contribution is 6.26. The van der Waals surface area contributed by atoms with Crippen molar-refractivity contribution < 1.29 is 8.85 Å². The van der Waals surface area contributed by atoms with Gasteiger partial charge in [0.05, 0.1) is 0 Å². The van der Waals surface area contributed by atoms with Gasteiger partial charge in [0.1, 0.15) is 6.29 Å². The van der Waals surface area contributed by atoms with Gasteiger partial charge in [0, 0.05) is 0 Å². The first-order valence-electron chi connectivity index (χ1n) is 4.08. The van der Waals surface area contributed by atoms with Gasteiger partial charge < -0.3 is 8.85 Å². The summed E-state index contributed by atoms with van der Waals surface area (Å²) in [4.78, 5) is 0. The van der Waals surface area contributed by atoms with Crippen LogP contribution in [0.4, 0.5) is 0 Å². The predicted molar refractivity (Wildman–Crippen MR) is 49.7 cm³/mol. The van der Waals surface area contributed by atoms with Gasteiger partial charge in [-0.1, -0.05) is 26.4 Å². The van der Waals surface area contributed by atoms with Crippen molar-refractivity contribution in [1.29, 1.82) is 0 Å². The summed E-state index contributed by atoms with van der Waals surface area (Å²) in [7, 11) is -0.554. The largest absolute Gasteiger partial charge is 0.401 e. The van der Waals surface area contributed by atoms with Crippen molar-refractivity contribution >= 4 is 19.5 Å². The fourth-order valence-electron chi connectivity index (χ4n) is 0.822. The molecule has 0 amide bonds. The van der Waals surface area contributed by atoms with Crippen molar-refractivity contribution in [3.8, 4) is 0 Å². The summed E-state index contributed by atoms with van der Waals surface area (Å²) in [5.74, 6) is 0. The van der Waals surface area contributed by atoms with Gasteiger partial charge in [0.15, 0.2) is 19.5 Å². The van der Waals surface area contributed by atoms with Gasteiger partial charge >= 0.3 is 0 Å². The van der Waals surface area contributed by atoms with E-state index >= 15 is 0 Å². The Morgan fingerprint density at radius 3 is 2.00 bits per heavy atom. The Morgan fingerprint density at radius 1 is 1.20 bits per heavy atom. The summed E-state index contributed by atoms with van der Waals surface area (Å²) in [6, 6.07) is 0. The summed E-state index contributed by atoms with van der Waals surface area (Å²) in [5, 5.41) is 0. The molecule has 0 atom stereocenters. The molecule has 0 unspecified atom stereocenters. The Bertz CT molecular complexity index is 56.5. The zero-order valence-corrected chi connectivity index (χ0v) is 10.1. The van der Waals surface area contributed by atoms with Crippen molar-refractivity contribution in [2.45, 2.75) is 39.1 Å². The van der Waals surface area contributed by atoms with E-state index in [1.54, 1.807) is 0 Å². The minimum absolute atomic E-state index is 0.151. The Labute approximate surface area is 68.2 Å².